The summed E-state index contributed by atoms with van der Waals surface area (Å²) in [4.78, 5) is 13.7. The molecule has 0 aromatic rings. The molecule has 1 rings (SSSR count). The highest BCUT2D eigenvalue weighted by atomic mass is 32.2. The first-order valence-electron chi connectivity index (χ1n) is 5.45. The molecule has 1 heterocycles. The molecular formula is C10H19NO3S3. The number of hydrogen-bond donors (Lipinski definition) is 0. The summed E-state index contributed by atoms with van der Waals surface area (Å²) < 4.78 is 22.4. The van der Waals surface area contributed by atoms with E-state index in [1.165, 1.54) is 6.26 Å². The van der Waals surface area contributed by atoms with E-state index >= 15 is 0 Å². The van der Waals surface area contributed by atoms with Crippen LogP contribution < -0.4 is 0 Å². The van der Waals surface area contributed by atoms with Crippen LogP contribution in [0.25, 0.3) is 0 Å². The molecule has 2 unspecified atom stereocenters. The molecule has 17 heavy (non-hydrogen) atoms. The fourth-order valence-corrected chi connectivity index (χ4v) is 5.37. The number of rotatable bonds is 4. The molecule has 1 fully saturated rings. The van der Waals surface area contributed by atoms with Crippen LogP contribution in [0.15, 0.2) is 0 Å². The highest BCUT2D eigenvalue weighted by Gasteiger charge is 2.28. The van der Waals surface area contributed by atoms with E-state index in [9.17, 15) is 13.2 Å². The van der Waals surface area contributed by atoms with Crippen molar-refractivity contribution in [1.82, 2.24) is 4.90 Å². The van der Waals surface area contributed by atoms with Crippen LogP contribution in [-0.2, 0) is 14.6 Å². The molecule has 0 bridgehead atoms. The van der Waals surface area contributed by atoms with E-state index in [2.05, 4.69) is 0 Å². The van der Waals surface area contributed by atoms with Crippen LogP contribution in [0.1, 0.15) is 6.92 Å². The Kier molecular flexibility index (Phi) is 5.66. The van der Waals surface area contributed by atoms with Crippen molar-refractivity contribution in [3.8, 4) is 0 Å². The molecule has 0 aromatic heterocycles. The van der Waals surface area contributed by atoms with Gasteiger partial charge in [0.1, 0.15) is 9.84 Å². The lowest BCUT2D eigenvalue weighted by molar-refractivity contribution is -0.130. The lowest BCUT2D eigenvalue weighted by Crippen LogP contribution is -2.45. The van der Waals surface area contributed by atoms with Crippen LogP contribution in [0.4, 0.5) is 0 Å². The van der Waals surface area contributed by atoms with Gasteiger partial charge in [-0.25, -0.2) is 8.42 Å². The zero-order valence-electron chi connectivity index (χ0n) is 10.4. The molecule has 0 spiro atoms. The molecule has 0 N–H and O–H groups in total. The van der Waals surface area contributed by atoms with Gasteiger partial charge in [0.05, 0.1) is 11.0 Å². The molecule has 0 saturated carbocycles. The van der Waals surface area contributed by atoms with Gasteiger partial charge in [-0.05, 0) is 6.92 Å². The van der Waals surface area contributed by atoms with Gasteiger partial charge >= 0.3 is 0 Å². The van der Waals surface area contributed by atoms with E-state index in [0.29, 0.717) is 0 Å². The summed E-state index contributed by atoms with van der Waals surface area (Å²) in [5.41, 5.74) is 0. The van der Waals surface area contributed by atoms with Gasteiger partial charge in [-0.15, -0.1) is 11.8 Å². The van der Waals surface area contributed by atoms with Crippen LogP contribution in [0, 0.1) is 0 Å². The largest absolute Gasteiger partial charge is 0.341 e. The number of carbonyl (C=O) groups is 1. The zero-order valence-corrected chi connectivity index (χ0v) is 12.8. The Morgan fingerprint density at radius 2 is 2.12 bits per heavy atom. The molecule has 1 aliphatic heterocycles. The van der Waals surface area contributed by atoms with Crippen molar-refractivity contribution in [3.05, 3.63) is 0 Å². The van der Waals surface area contributed by atoms with Crippen molar-refractivity contribution in [3.63, 3.8) is 0 Å². The van der Waals surface area contributed by atoms with Gasteiger partial charge in [-0.1, -0.05) is 0 Å². The second-order valence-corrected chi connectivity index (χ2v) is 8.97. The van der Waals surface area contributed by atoms with E-state index < -0.39 is 9.84 Å². The highest BCUT2D eigenvalue weighted by molar-refractivity contribution is 8.07. The number of amides is 1. The maximum atomic E-state index is 12.1. The molecular weight excluding hydrogens is 278 g/mol. The summed E-state index contributed by atoms with van der Waals surface area (Å²) in [5.74, 6) is 3.00. The molecule has 7 heteroatoms. The molecule has 4 nitrogen and oxygen atoms in total. The molecule has 0 aliphatic carbocycles. The first-order valence-corrected chi connectivity index (χ1v) is 9.71. The minimum absolute atomic E-state index is 0.0132. The lowest BCUT2D eigenvalue weighted by Gasteiger charge is -2.29. The average Bonchev–Trinajstić information content (AvgIpc) is 2.26. The third kappa shape index (κ3) is 5.09. The van der Waals surface area contributed by atoms with Crippen molar-refractivity contribution >= 4 is 39.3 Å². The van der Waals surface area contributed by atoms with E-state index in [-0.39, 0.29) is 23.0 Å². The quantitative estimate of drug-likeness (QED) is 0.765. The van der Waals surface area contributed by atoms with E-state index in [4.69, 9.17) is 0 Å². The average molecular weight is 297 g/mol. The van der Waals surface area contributed by atoms with Gasteiger partial charge in [0.25, 0.3) is 0 Å². The Balaban J connectivity index is 2.55. The highest BCUT2D eigenvalue weighted by Crippen LogP contribution is 2.25. The Labute approximate surface area is 112 Å². The molecule has 1 aliphatic rings. The molecule has 1 saturated heterocycles. The molecule has 0 aromatic carbocycles. The number of thioether (sulfide) groups is 2. The SMILES string of the molecule is CC(CS(C)(=O)=O)N(C)C(=O)C1CSCCS1. The van der Waals surface area contributed by atoms with Gasteiger partial charge in [0.15, 0.2) is 0 Å². The van der Waals surface area contributed by atoms with Gasteiger partial charge in [-0.2, -0.15) is 11.8 Å². The van der Waals surface area contributed by atoms with Crippen LogP contribution in [0.2, 0.25) is 0 Å². The smallest absolute Gasteiger partial charge is 0.236 e. The summed E-state index contributed by atoms with van der Waals surface area (Å²) in [6.45, 7) is 1.78. The monoisotopic (exact) mass is 297 g/mol. The Morgan fingerprint density at radius 3 is 2.59 bits per heavy atom. The number of hydrogen-bond acceptors (Lipinski definition) is 5. The van der Waals surface area contributed by atoms with Gasteiger partial charge in [0, 0.05) is 36.6 Å². The molecule has 0 radical (unpaired) electrons. The fraction of sp³-hybridized carbons (Fsp3) is 0.900. The van der Waals surface area contributed by atoms with Crippen molar-refractivity contribution in [2.75, 3.05) is 36.3 Å². The fourth-order valence-electron chi connectivity index (χ4n) is 1.62. The second kappa shape index (κ2) is 6.33. The topological polar surface area (TPSA) is 54.5 Å². The first kappa shape index (κ1) is 15.2. The zero-order chi connectivity index (χ0) is 13.1. The number of sulfone groups is 1. The minimum atomic E-state index is -3.04. The Morgan fingerprint density at radius 1 is 1.47 bits per heavy atom. The van der Waals surface area contributed by atoms with E-state index in [1.54, 1.807) is 42.4 Å². The van der Waals surface area contributed by atoms with Crippen molar-refractivity contribution in [2.24, 2.45) is 0 Å². The van der Waals surface area contributed by atoms with E-state index in [1.807, 2.05) is 0 Å². The maximum Gasteiger partial charge on any atom is 0.236 e. The lowest BCUT2D eigenvalue weighted by atomic mass is 10.3. The Bertz CT molecular complexity index is 363. The Hall–Kier alpha value is 0.120. The van der Waals surface area contributed by atoms with E-state index in [0.717, 1.165) is 17.3 Å². The van der Waals surface area contributed by atoms with Crippen molar-refractivity contribution in [1.29, 1.82) is 0 Å². The van der Waals surface area contributed by atoms with Crippen LogP contribution in [-0.4, -0.2) is 66.8 Å². The van der Waals surface area contributed by atoms with Crippen molar-refractivity contribution < 1.29 is 13.2 Å². The maximum absolute atomic E-state index is 12.1. The minimum Gasteiger partial charge on any atom is -0.341 e. The van der Waals surface area contributed by atoms with Crippen LogP contribution in [0.5, 0.6) is 0 Å². The molecule has 1 amide bonds. The predicted octanol–water partition coefficient (Wildman–Crippen LogP) is 0.727. The second-order valence-electron chi connectivity index (χ2n) is 4.32. The third-order valence-corrected chi connectivity index (χ3v) is 6.47. The summed E-state index contributed by atoms with van der Waals surface area (Å²) in [7, 11) is -1.35. The third-order valence-electron chi connectivity index (χ3n) is 2.64. The number of nitrogens with zero attached hydrogens (tertiary/aromatic N) is 1. The molecule has 2 atom stereocenters. The first-order chi connectivity index (χ1) is 7.81. The van der Waals surface area contributed by atoms with Gasteiger partial charge in [-0.3, -0.25) is 4.79 Å². The summed E-state index contributed by atoms with van der Waals surface area (Å²) in [6, 6.07) is -0.259. The van der Waals surface area contributed by atoms with Gasteiger partial charge in [0.2, 0.25) is 5.91 Å². The standard InChI is InChI=1S/C10H19NO3S3/c1-8(7-17(3,13)14)11(2)10(12)9-6-15-4-5-16-9/h8-9H,4-7H2,1-3H3. The predicted molar refractivity (Wildman–Crippen MR) is 75.5 cm³/mol. The summed E-state index contributed by atoms with van der Waals surface area (Å²) >= 11 is 3.46. The van der Waals surface area contributed by atoms with Gasteiger partial charge < -0.3 is 4.90 Å². The molecule has 100 valence electrons. The summed E-state index contributed by atoms with van der Waals surface area (Å²) in [6.07, 6.45) is 1.20. The normalized spacial score (nSPS) is 23.1. The van der Waals surface area contributed by atoms with Crippen molar-refractivity contribution in [2.45, 2.75) is 18.2 Å². The van der Waals surface area contributed by atoms with Crippen LogP contribution >= 0.6 is 23.5 Å². The van der Waals surface area contributed by atoms with Crippen LogP contribution in [0.3, 0.4) is 0 Å². The summed E-state index contributed by atoms with van der Waals surface area (Å²) in [5, 5.41) is -0.0132. The number of carbonyl (C=O) groups excluding carboxylic acids is 1.